The van der Waals surface area contributed by atoms with E-state index < -0.39 is 12.0 Å². The number of hydrogen-bond acceptors (Lipinski definition) is 5. The van der Waals surface area contributed by atoms with Crippen LogP contribution in [0.3, 0.4) is 0 Å². The number of hydrogen-bond donors (Lipinski definition) is 2. The van der Waals surface area contributed by atoms with Gasteiger partial charge in [0.05, 0.1) is 12.0 Å². The molecule has 9 heteroatoms. The lowest BCUT2D eigenvalue weighted by Crippen LogP contribution is -2.44. The van der Waals surface area contributed by atoms with Crippen molar-refractivity contribution < 1.29 is 23.9 Å². The summed E-state index contributed by atoms with van der Waals surface area (Å²) in [5, 5.41) is 4.09. The Hall–Kier alpha value is -4.79. The average Bonchev–Trinajstić information content (AvgIpc) is 3.59. The Kier molecular flexibility index (Phi) is 6.74. The second-order valence-corrected chi connectivity index (χ2v) is 9.38. The molecular formula is C29H28N4O5. The van der Waals surface area contributed by atoms with Crippen molar-refractivity contribution in [3.05, 3.63) is 89.6 Å². The van der Waals surface area contributed by atoms with Gasteiger partial charge in [0.1, 0.15) is 0 Å². The molecule has 0 radical (unpaired) electrons. The minimum atomic E-state index is -0.605. The van der Waals surface area contributed by atoms with Crippen molar-refractivity contribution in [3.63, 3.8) is 0 Å². The molecule has 1 aromatic heterocycles. The Balaban J connectivity index is 0.000000540. The van der Waals surface area contributed by atoms with Crippen LogP contribution < -0.4 is 14.8 Å². The predicted molar refractivity (Wildman–Crippen MR) is 143 cm³/mol. The van der Waals surface area contributed by atoms with E-state index in [1.54, 1.807) is 32.1 Å². The quantitative estimate of drug-likeness (QED) is 0.400. The van der Waals surface area contributed by atoms with Gasteiger partial charge >= 0.3 is 0 Å². The first kappa shape index (κ1) is 24.9. The first-order chi connectivity index (χ1) is 18.4. The monoisotopic (exact) mass is 512 g/mol. The van der Waals surface area contributed by atoms with E-state index >= 15 is 0 Å². The number of carbonyl (C=O) groups is 3. The summed E-state index contributed by atoms with van der Waals surface area (Å²) >= 11 is 0. The van der Waals surface area contributed by atoms with Crippen LogP contribution in [0.4, 0.5) is 5.69 Å². The van der Waals surface area contributed by atoms with E-state index in [2.05, 4.69) is 10.3 Å². The molecule has 0 saturated carbocycles. The highest BCUT2D eigenvalue weighted by Gasteiger charge is 2.43. The third-order valence-corrected chi connectivity index (χ3v) is 6.63. The molecule has 0 saturated heterocycles. The van der Waals surface area contributed by atoms with Gasteiger partial charge in [0.25, 0.3) is 5.91 Å². The molecule has 2 atom stereocenters. The van der Waals surface area contributed by atoms with E-state index in [4.69, 9.17) is 9.47 Å². The number of nitrogens with zero attached hydrogens (tertiary/aromatic N) is 2. The summed E-state index contributed by atoms with van der Waals surface area (Å²) in [6.07, 6.45) is 2.61. The summed E-state index contributed by atoms with van der Waals surface area (Å²) in [6, 6.07) is 20.1. The summed E-state index contributed by atoms with van der Waals surface area (Å²) in [6.45, 7) is 0.159. The van der Waals surface area contributed by atoms with Gasteiger partial charge in [0.15, 0.2) is 11.5 Å². The van der Waals surface area contributed by atoms with E-state index in [-0.39, 0.29) is 18.6 Å². The van der Waals surface area contributed by atoms with Gasteiger partial charge in [0.2, 0.25) is 19.1 Å². The van der Waals surface area contributed by atoms with Gasteiger partial charge in [-0.1, -0.05) is 24.3 Å². The van der Waals surface area contributed by atoms with Crippen LogP contribution in [-0.2, 0) is 9.59 Å². The van der Waals surface area contributed by atoms with Gasteiger partial charge in [-0.15, -0.1) is 0 Å². The Morgan fingerprint density at radius 3 is 2.61 bits per heavy atom. The highest BCUT2D eigenvalue weighted by atomic mass is 16.7. The molecular weight excluding hydrogens is 484 g/mol. The van der Waals surface area contributed by atoms with E-state index in [1.807, 2.05) is 66.9 Å². The van der Waals surface area contributed by atoms with Crippen LogP contribution in [0, 0.1) is 0 Å². The second-order valence-electron chi connectivity index (χ2n) is 9.38. The predicted octanol–water partition coefficient (Wildman–Crippen LogP) is 4.15. The number of anilines is 1. The van der Waals surface area contributed by atoms with E-state index in [0.29, 0.717) is 28.3 Å². The molecule has 194 valence electrons. The Labute approximate surface area is 219 Å². The van der Waals surface area contributed by atoms with Crippen LogP contribution >= 0.6 is 0 Å². The molecule has 2 unspecified atom stereocenters. The van der Waals surface area contributed by atoms with Gasteiger partial charge in [-0.3, -0.25) is 14.4 Å². The molecule has 3 aromatic carbocycles. The zero-order valence-electron chi connectivity index (χ0n) is 21.3. The standard InChI is InChI=1S/C26H21N3O4.C3H7NO/c1-29-24(16-6-9-21-22(13-16)33-14-32-21)23(18-4-2-3-5-19(18)26(29)31)25(30)28-17-7-8-20-15(12-17)10-11-27-20;1-4(2)3-5/h2-13,23-24,27H,14H2,1H3,(H,28,30);3H,1-2H3. The number of aromatic nitrogens is 1. The molecule has 3 amide bonds. The van der Waals surface area contributed by atoms with Crippen LogP contribution in [0.1, 0.15) is 33.4 Å². The molecule has 4 aromatic rings. The number of H-pyrrole nitrogens is 1. The van der Waals surface area contributed by atoms with Gasteiger partial charge in [-0.25, -0.2) is 0 Å². The summed E-state index contributed by atoms with van der Waals surface area (Å²) in [7, 11) is 5.11. The molecule has 9 nitrogen and oxygen atoms in total. The SMILES string of the molecule is CN(C)C=O.CN1C(=O)c2ccccc2C(C(=O)Nc2ccc3[nH]ccc3c2)C1c1ccc2c(c1)OCO2. The third kappa shape index (κ3) is 4.66. The number of ether oxygens (including phenoxy) is 2. The molecule has 2 aliphatic rings. The number of rotatable bonds is 4. The zero-order valence-corrected chi connectivity index (χ0v) is 21.3. The number of likely N-dealkylation sites (N-methyl/N-ethyl adjacent to an activating group) is 1. The molecule has 3 heterocycles. The summed E-state index contributed by atoms with van der Waals surface area (Å²) in [5.41, 5.74) is 3.76. The lowest BCUT2D eigenvalue weighted by atomic mass is 9.79. The Bertz CT molecular complexity index is 1510. The van der Waals surface area contributed by atoms with Crippen molar-refractivity contribution in [1.82, 2.24) is 14.8 Å². The molecule has 0 fully saturated rings. The van der Waals surface area contributed by atoms with Gasteiger partial charge < -0.3 is 29.6 Å². The molecule has 0 aliphatic carbocycles. The molecule has 0 bridgehead atoms. The first-order valence-electron chi connectivity index (χ1n) is 12.1. The lowest BCUT2D eigenvalue weighted by Gasteiger charge is -2.39. The number of fused-ring (bicyclic) bond motifs is 3. The number of carbonyl (C=O) groups excluding carboxylic acids is 3. The van der Waals surface area contributed by atoms with E-state index in [9.17, 15) is 14.4 Å². The fraction of sp³-hybridized carbons (Fsp3) is 0.207. The largest absolute Gasteiger partial charge is 0.454 e. The van der Waals surface area contributed by atoms with Gasteiger partial charge in [-0.05, 0) is 53.6 Å². The van der Waals surface area contributed by atoms with Crippen LogP contribution in [0.2, 0.25) is 0 Å². The number of nitrogens with one attached hydrogen (secondary N) is 2. The Morgan fingerprint density at radius 2 is 1.82 bits per heavy atom. The van der Waals surface area contributed by atoms with Crippen molar-refractivity contribution in [3.8, 4) is 11.5 Å². The van der Waals surface area contributed by atoms with E-state index in [1.165, 1.54) is 4.90 Å². The zero-order chi connectivity index (χ0) is 26.8. The fourth-order valence-corrected chi connectivity index (χ4v) is 4.82. The number of aromatic amines is 1. The molecule has 0 spiro atoms. The average molecular weight is 513 g/mol. The fourth-order valence-electron chi connectivity index (χ4n) is 4.82. The maximum atomic E-state index is 13.8. The lowest BCUT2D eigenvalue weighted by molar-refractivity contribution is -0.119. The van der Waals surface area contributed by atoms with Crippen molar-refractivity contribution in [2.75, 3.05) is 33.3 Å². The van der Waals surface area contributed by atoms with Gasteiger partial charge in [0, 0.05) is 49.5 Å². The van der Waals surface area contributed by atoms with Crippen molar-refractivity contribution in [2.24, 2.45) is 0 Å². The van der Waals surface area contributed by atoms with Crippen molar-refractivity contribution >= 4 is 34.8 Å². The minimum absolute atomic E-state index is 0.119. The summed E-state index contributed by atoms with van der Waals surface area (Å²) in [5.74, 6) is 0.366. The summed E-state index contributed by atoms with van der Waals surface area (Å²) in [4.78, 5) is 42.6. The van der Waals surface area contributed by atoms with Gasteiger partial charge in [-0.2, -0.15) is 0 Å². The third-order valence-electron chi connectivity index (χ3n) is 6.63. The number of benzene rings is 3. The molecule has 2 N–H and O–H groups in total. The smallest absolute Gasteiger partial charge is 0.254 e. The van der Waals surface area contributed by atoms with Crippen molar-refractivity contribution in [2.45, 2.75) is 12.0 Å². The van der Waals surface area contributed by atoms with Crippen LogP contribution in [0.25, 0.3) is 10.9 Å². The molecule has 6 rings (SSSR count). The normalized spacial score (nSPS) is 17.3. The topological polar surface area (TPSA) is 104 Å². The first-order valence-corrected chi connectivity index (χ1v) is 12.1. The maximum Gasteiger partial charge on any atom is 0.254 e. The summed E-state index contributed by atoms with van der Waals surface area (Å²) < 4.78 is 11.0. The highest BCUT2D eigenvalue weighted by Crippen LogP contribution is 2.45. The second kappa shape index (κ2) is 10.3. The molecule has 2 aliphatic heterocycles. The number of amides is 3. The van der Waals surface area contributed by atoms with Crippen molar-refractivity contribution in [1.29, 1.82) is 0 Å². The Morgan fingerprint density at radius 1 is 1.05 bits per heavy atom. The van der Waals surface area contributed by atoms with E-state index in [0.717, 1.165) is 22.9 Å². The van der Waals surface area contributed by atoms with Crippen LogP contribution in [-0.4, -0.2) is 60.9 Å². The highest BCUT2D eigenvalue weighted by molar-refractivity contribution is 6.04. The van der Waals surface area contributed by atoms with Crippen LogP contribution in [0.15, 0.2) is 72.9 Å². The maximum absolute atomic E-state index is 13.8. The van der Waals surface area contributed by atoms with Crippen LogP contribution in [0.5, 0.6) is 11.5 Å². The minimum Gasteiger partial charge on any atom is -0.454 e. The molecule has 38 heavy (non-hydrogen) atoms.